The van der Waals surface area contributed by atoms with Crippen molar-refractivity contribution in [2.45, 2.75) is 6.54 Å². The van der Waals surface area contributed by atoms with E-state index in [0.717, 1.165) is 8.66 Å². The van der Waals surface area contributed by atoms with Crippen LogP contribution < -0.4 is 0 Å². The lowest BCUT2D eigenvalue weighted by atomic mass is 10.3. The van der Waals surface area contributed by atoms with Crippen molar-refractivity contribution in [2.24, 2.45) is 7.05 Å². The fourth-order valence-corrected chi connectivity index (χ4v) is 3.03. The van der Waals surface area contributed by atoms with Gasteiger partial charge in [-0.15, -0.1) is 11.3 Å². The van der Waals surface area contributed by atoms with Gasteiger partial charge < -0.3 is 4.90 Å². The molecule has 0 aliphatic rings. The molecule has 2 aromatic heterocycles. The van der Waals surface area contributed by atoms with Gasteiger partial charge >= 0.3 is 0 Å². The molecule has 17 heavy (non-hydrogen) atoms. The van der Waals surface area contributed by atoms with Crippen LogP contribution in [0, 0.1) is 0 Å². The summed E-state index contributed by atoms with van der Waals surface area (Å²) in [5.41, 5.74) is 0.616. The summed E-state index contributed by atoms with van der Waals surface area (Å²) in [6, 6.07) is 4.00. The van der Waals surface area contributed by atoms with E-state index in [0.29, 0.717) is 12.1 Å². The second kappa shape index (κ2) is 5.01. The van der Waals surface area contributed by atoms with Crippen LogP contribution in [0.3, 0.4) is 0 Å². The summed E-state index contributed by atoms with van der Waals surface area (Å²) < 4.78 is 2.71. The SMILES string of the molecule is CN(Cc1ccc(Br)s1)C(=O)c1cnn(C)c1. The van der Waals surface area contributed by atoms with E-state index in [1.807, 2.05) is 12.1 Å². The minimum absolute atomic E-state index is 0.0115. The molecule has 6 heteroatoms. The summed E-state index contributed by atoms with van der Waals surface area (Å²) in [6.07, 6.45) is 3.31. The Labute approximate surface area is 112 Å². The van der Waals surface area contributed by atoms with E-state index in [1.165, 1.54) is 0 Å². The third kappa shape index (κ3) is 2.95. The molecule has 0 fully saturated rings. The van der Waals surface area contributed by atoms with E-state index in [-0.39, 0.29) is 5.91 Å². The van der Waals surface area contributed by atoms with Crippen LogP contribution in [0.1, 0.15) is 15.2 Å². The molecule has 0 radical (unpaired) electrons. The lowest BCUT2D eigenvalue weighted by molar-refractivity contribution is 0.0786. The average Bonchev–Trinajstić information content (AvgIpc) is 2.87. The first-order valence-electron chi connectivity index (χ1n) is 5.04. The van der Waals surface area contributed by atoms with Gasteiger partial charge in [-0.25, -0.2) is 0 Å². The number of hydrogen-bond acceptors (Lipinski definition) is 3. The van der Waals surface area contributed by atoms with Gasteiger partial charge in [0.1, 0.15) is 0 Å². The fourth-order valence-electron chi connectivity index (χ4n) is 1.49. The largest absolute Gasteiger partial charge is 0.336 e. The number of thiophene rings is 1. The summed E-state index contributed by atoms with van der Waals surface area (Å²) >= 11 is 5.04. The number of carbonyl (C=O) groups excluding carboxylic acids is 1. The van der Waals surface area contributed by atoms with Crippen LogP contribution in [-0.2, 0) is 13.6 Å². The lowest BCUT2D eigenvalue weighted by Gasteiger charge is -2.14. The van der Waals surface area contributed by atoms with Gasteiger partial charge in [0.15, 0.2) is 0 Å². The van der Waals surface area contributed by atoms with Crippen LogP contribution in [0.25, 0.3) is 0 Å². The molecule has 0 saturated heterocycles. The van der Waals surface area contributed by atoms with Crippen LogP contribution in [0.15, 0.2) is 28.3 Å². The maximum Gasteiger partial charge on any atom is 0.257 e. The Bertz CT molecular complexity index is 534. The van der Waals surface area contributed by atoms with Crippen molar-refractivity contribution >= 4 is 33.2 Å². The summed E-state index contributed by atoms with van der Waals surface area (Å²) in [5, 5.41) is 4.00. The normalized spacial score (nSPS) is 10.5. The molecule has 0 N–H and O–H groups in total. The van der Waals surface area contributed by atoms with E-state index in [4.69, 9.17) is 0 Å². The van der Waals surface area contributed by atoms with Crippen molar-refractivity contribution in [1.82, 2.24) is 14.7 Å². The smallest absolute Gasteiger partial charge is 0.257 e. The Morgan fingerprint density at radius 1 is 1.59 bits per heavy atom. The van der Waals surface area contributed by atoms with Crippen LogP contribution in [-0.4, -0.2) is 27.6 Å². The second-order valence-electron chi connectivity index (χ2n) is 3.77. The maximum absolute atomic E-state index is 12.0. The molecule has 0 atom stereocenters. The number of nitrogens with zero attached hydrogens (tertiary/aromatic N) is 3. The van der Waals surface area contributed by atoms with Crippen LogP contribution >= 0.6 is 27.3 Å². The van der Waals surface area contributed by atoms with Crippen LogP contribution in [0.2, 0.25) is 0 Å². The van der Waals surface area contributed by atoms with E-state index in [1.54, 1.807) is 47.4 Å². The van der Waals surface area contributed by atoms with Gasteiger partial charge in [-0.1, -0.05) is 0 Å². The number of carbonyl (C=O) groups is 1. The van der Waals surface area contributed by atoms with E-state index >= 15 is 0 Å². The molecule has 2 aromatic rings. The zero-order valence-electron chi connectivity index (χ0n) is 9.55. The number of amides is 1. The van der Waals surface area contributed by atoms with Gasteiger partial charge in [0, 0.05) is 25.2 Å². The highest BCUT2D eigenvalue weighted by atomic mass is 79.9. The van der Waals surface area contributed by atoms with E-state index in [9.17, 15) is 4.79 Å². The van der Waals surface area contributed by atoms with Crippen LogP contribution in [0.4, 0.5) is 0 Å². The number of hydrogen-bond donors (Lipinski definition) is 0. The van der Waals surface area contributed by atoms with Gasteiger partial charge in [0.2, 0.25) is 0 Å². The monoisotopic (exact) mass is 313 g/mol. The molecule has 0 aromatic carbocycles. The van der Waals surface area contributed by atoms with Gasteiger partial charge in [-0.3, -0.25) is 9.48 Å². The fraction of sp³-hybridized carbons (Fsp3) is 0.273. The third-order valence-electron chi connectivity index (χ3n) is 2.32. The topological polar surface area (TPSA) is 38.1 Å². The van der Waals surface area contributed by atoms with Gasteiger partial charge in [-0.2, -0.15) is 5.10 Å². The summed E-state index contributed by atoms with van der Waals surface area (Å²) in [5.74, 6) is -0.0115. The van der Waals surface area contributed by atoms with Gasteiger partial charge in [0.05, 0.1) is 22.1 Å². The standard InChI is InChI=1S/C11H12BrN3OS/c1-14(7-9-3-4-10(12)17-9)11(16)8-5-13-15(2)6-8/h3-6H,7H2,1-2H3. The minimum Gasteiger partial charge on any atom is -0.336 e. The maximum atomic E-state index is 12.0. The van der Waals surface area contributed by atoms with Crippen LogP contribution in [0.5, 0.6) is 0 Å². The molecule has 0 spiro atoms. The van der Waals surface area contributed by atoms with E-state index in [2.05, 4.69) is 21.0 Å². The predicted molar refractivity (Wildman–Crippen MR) is 71.0 cm³/mol. The highest BCUT2D eigenvalue weighted by Crippen LogP contribution is 2.23. The lowest BCUT2D eigenvalue weighted by Crippen LogP contribution is -2.25. The second-order valence-corrected chi connectivity index (χ2v) is 6.32. The minimum atomic E-state index is -0.0115. The first-order valence-corrected chi connectivity index (χ1v) is 6.65. The van der Waals surface area contributed by atoms with Gasteiger partial charge in [-0.05, 0) is 28.1 Å². The highest BCUT2D eigenvalue weighted by molar-refractivity contribution is 9.11. The van der Waals surface area contributed by atoms with Crippen molar-refractivity contribution in [3.63, 3.8) is 0 Å². The Morgan fingerprint density at radius 2 is 2.35 bits per heavy atom. The van der Waals surface area contributed by atoms with Crippen molar-refractivity contribution in [3.05, 3.63) is 38.8 Å². The molecule has 0 aliphatic heterocycles. The van der Waals surface area contributed by atoms with Gasteiger partial charge in [0.25, 0.3) is 5.91 Å². The number of aryl methyl sites for hydroxylation is 1. The summed E-state index contributed by atoms with van der Waals surface area (Å²) in [4.78, 5) is 14.9. The zero-order valence-corrected chi connectivity index (χ0v) is 12.0. The molecular weight excluding hydrogens is 302 g/mol. The first-order chi connectivity index (χ1) is 8.06. The Hall–Kier alpha value is -1.14. The molecule has 90 valence electrons. The summed E-state index contributed by atoms with van der Waals surface area (Å²) in [6.45, 7) is 0.615. The van der Waals surface area contributed by atoms with Crippen molar-refractivity contribution in [3.8, 4) is 0 Å². The number of aromatic nitrogens is 2. The molecule has 0 saturated carbocycles. The first kappa shape index (κ1) is 12.3. The molecular formula is C11H12BrN3OS. The molecule has 0 bridgehead atoms. The molecule has 1 amide bonds. The molecule has 2 rings (SSSR count). The Morgan fingerprint density at radius 3 is 2.88 bits per heavy atom. The van der Waals surface area contributed by atoms with E-state index < -0.39 is 0 Å². The third-order valence-corrected chi connectivity index (χ3v) is 3.93. The molecule has 0 aliphatic carbocycles. The quantitative estimate of drug-likeness (QED) is 0.873. The van der Waals surface area contributed by atoms with Crippen molar-refractivity contribution in [1.29, 1.82) is 0 Å². The summed E-state index contributed by atoms with van der Waals surface area (Å²) in [7, 11) is 3.59. The number of halogens is 1. The highest BCUT2D eigenvalue weighted by Gasteiger charge is 2.14. The van der Waals surface area contributed by atoms with Crippen molar-refractivity contribution in [2.75, 3.05) is 7.05 Å². The number of rotatable bonds is 3. The van der Waals surface area contributed by atoms with Crippen molar-refractivity contribution < 1.29 is 4.79 Å². The molecule has 4 nitrogen and oxygen atoms in total. The zero-order chi connectivity index (χ0) is 12.4. The Balaban J connectivity index is 2.05. The molecule has 0 unspecified atom stereocenters. The Kier molecular flexibility index (Phi) is 3.63. The average molecular weight is 314 g/mol. The molecule has 2 heterocycles. The predicted octanol–water partition coefficient (Wildman–Crippen LogP) is 2.52.